The van der Waals surface area contributed by atoms with Gasteiger partial charge >= 0.3 is 0 Å². The summed E-state index contributed by atoms with van der Waals surface area (Å²) in [6.07, 6.45) is 0. The number of amides is 1. The highest BCUT2D eigenvalue weighted by Gasteiger charge is 2.13. The average molecular weight is 318 g/mol. The maximum atomic E-state index is 11.7. The molecule has 0 aliphatic heterocycles. The molecule has 0 saturated carbocycles. The van der Waals surface area contributed by atoms with Crippen LogP contribution in [-0.2, 0) is 9.53 Å². The molecule has 0 aliphatic carbocycles. The first-order valence-electron chi connectivity index (χ1n) is 5.32. The highest BCUT2D eigenvalue weighted by Crippen LogP contribution is 2.24. The Balaban J connectivity index is 2.40. The van der Waals surface area contributed by atoms with Crippen LogP contribution in [0.4, 0.5) is 0 Å². The molecule has 0 heterocycles. The van der Waals surface area contributed by atoms with Crippen molar-refractivity contribution in [2.24, 2.45) is 0 Å². The molecule has 3 nitrogen and oxygen atoms in total. The normalized spacial score (nSPS) is 12.2. The van der Waals surface area contributed by atoms with Crippen molar-refractivity contribution in [3.05, 3.63) is 28.7 Å². The van der Waals surface area contributed by atoms with E-state index in [1.54, 1.807) is 18.9 Å². The minimum absolute atomic E-state index is 0.0370. The fourth-order valence-corrected chi connectivity index (χ4v) is 2.35. The molecule has 0 spiro atoms. The maximum absolute atomic E-state index is 11.7. The molecule has 94 valence electrons. The van der Waals surface area contributed by atoms with Gasteiger partial charge in [-0.25, -0.2) is 0 Å². The third-order valence-electron chi connectivity index (χ3n) is 2.10. The first-order valence-corrected chi connectivity index (χ1v) is 6.99. The molecule has 0 aliphatic rings. The molecule has 0 saturated heterocycles. The van der Waals surface area contributed by atoms with Crippen molar-refractivity contribution in [2.75, 3.05) is 20.3 Å². The van der Waals surface area contributed by atoms with E-state index in [4.69, 9.17) is 4.74 Å². The highest BCUT2D eigenvalue weighted by atomic mass is 79.9. The Bertz CT molecular complexity index is 356. The molecule has 1 aromatic carbocycles. The monoisotopic (exact) mass is 317 g/mol. The second-order valence-corrected chi connectivity index (χ2v) is 5.83. The van der Waals surface area contributed by atoms with Gasteiger partial charge in [-0.05, 0) is 31.2 Å². The Labute approximate surface area is 114 Å². The molecule has 1 rings (SSSR count). The Hall–Kier alpha value is -0.520. The summed E-state index contributed by atoms with van der Waals surface area (Å²) in [5.41, 5.74) is 0. The van der Waals surface area contributed by atoms with E-state index in [0.717, 1.165) is 9.37 Å². The molecule has 1 aromatic rings. The van der Waals surface area contributed by atoms with Crippen LogP contribution in [-0.4, -0.2) is 31.4 Å². The molecule has 1 amide bonds. The van der Waals surface area contributed by atoms with Crippen LogP contribution >= 0.6 is 27.7 Å². The standard InChI is InChI=1S/C12H16BrNO2S/c1-9(12(15)14-7-8-16-2)17-11-5-3-10(13)4-6-11/h3-6,9H,7-8H2,1-2H3,(H,14,15). The number of methoxy groups -OCH3 is 1. The predicted octanol–water partition coefficient (Wildman–Crippen LogP) is 2.69. The predicted molar refractivity (Wildman–Crippen MR) is 74.3 cm³/mol. The fourth-order valence-electron chi connectivity index (χ4n) is 1.19. The maximum Gasteiger partial charge on any atom is 0.233 e. The Kier molecular flexibility index (Phi) is 6.62. The van der Waals surface area contributed by atoms with Crippen molar-refractivity contribution in [3.8, 4) is 0 Å². The highest BCUT2D eigenvalue weighted by molar-refractivity contribution is 9.10. The molecule has 0 radical (unpaired) electrons. The van der Waals surface area contributed by atoms with Gasteiger partial charge in [-0.2, -0.15) is 0 Å². The first kappa shape index (κ1) is 14.5. The van der Waals surface area contributed by atoms with Gasteiger partial charge in [0.25, 0.3) is 0 Å². The second-order valence-electron chi connectivity index (χ2n) is 3.50. The number of halogens is 1. The van der Waals surface area contributed by atoms with Gasteiger partial charge in [-0.15, -0.1) is 11.8 Å². The van der Waals surface area contributed by atoms with Crippen LogP contribution in [0.5, 0.6) is 0 Å². The average Bonchev–Trinajstić information content (AvgIpc) is 2.32. The summed E-state index contributed by atoms with van der Waals surface area (Å²) in [7, 11) is 1.62. The molecule has 0 fully saturated rings. The molecular weight excluding hydrogens is 302 g/mol. The van der Waals surface area contributed by atoms with E-state index in [2.05, 4.69) is 21.2 Å². The summed E-state index contributed by atoms with van der Waals surface area (Å²) in [6.45, 7) is 3.00. The van der Waals surface area contributed by atoms with E-state index in [1.807, 2.05) is 31.2 Å². The largest absolute Gasteiger partial charge is 0.383 e. The summed E-state index contributed by atoms with van der Waals surface area (Å²) in [5.74, 6) is 0.0370. The zero-order valence-electron chi connectivity index (χ0n) is 9.90. The van der Waals surface area contributed by atoms with Crippen LogP contribution in [0.2, 0.25) is 0 Å². The lowest BCUT2D eigenvalue weighted by Crippen LogP contribution is -2.33. The van der Waals surface area contributed by atoms with Gasteiger partial charge in [-0.1, -0.05) is 15.9 Å². The summed E-state index contributed by atoms with van der Waals surface area (Å²) in [5, 5.41) is 2.72. The van der Waals surface area contributed by atoms with Gasteiger partial charge in [0.15, 0.2) is 0 Å². The molecular formula is C12H16BrNO2S. The lowest BCUT2D eigenvalue weighted by molar-refractivity contribution is -0.120. The van der Waals surface area contributed by atoms with Crippen molar-refractivity contribution in [3.63, 3.8) is 0 Å². The summed E-state index contributed by atoms with van der Waals surface area (Å²) >= 11 is 4.93. The first-order chi connectivity index (χ1) is 8.13. The number of nitrogens with one attached hydrogen (secondary N) is 1. The molecule has 0 aromatic heterocycles. The SMILES string of the molecule is COCCNC(=O)C(C)Sc1ccc(Br)cc1. The van der Waals surface area contributed by atoms with Gasteiger partial charge in [0, 0.05) is 23.0 Å². The summed E-state index contributed by atoms with van der Waals surface area (Å²) in [6, 6.07) is 7.93. The van der Waals surface area contributed by atoms with E-state index in [9.17, 15) is 4.79 Å². The smallest absolute Gasteiger partial charge is 0.233 e. The van der Waals surface area contributed by atoms with Crippen molar-refractivity contribution >= 4 is 33.6 Å². The van der Waals surface area contributed by atoms with Crippen molar-refractivity contribution in [1.29, 1.82) is 0 Å². The fraction of sp³-hybridized carbons (Fsp3) is 0.417. The third-order valence-corrected chi connectivity index (χ3v) is 3.74. The Morgan fingerprint density at radius 3 is 2.71 bits per heavy atom. The van der Waals surface area contributed by atoms with Crippen LogP contribution in [0, 0.1) is 0 Å². The van der Waals surface area contributed by atoms with Crippen LogP contribution in [0.25, 0.3) is 0 Å². The van der Waals surface area contributed by atoms with Crippen molar-refractivity contribution in [2.45, 2.75) is 17.1 Å². The summed E-state index contributed by atoms with van der Waals surface area (Å²) in [4.78, 5) is 12.8. The van der Waals surface area contributed by atoms with E-state index in [0.29, 0.717) is 13.2 Å². The quantitative estimate of drug-likeness (QED) is 0.647. The number of benzene rings is 1. The van der Waals surface area contributed by atoms with Crippen LogP contribution in [0.1, 0.15) is 6.92 Å². The van der Waals surface area contributed by atoms with Crippen molar-refractivity contribution < 1.29 is 9.53 Å². The molecule has 0 bridgehead atoms. The van der Waals surface area contributed by atoms with Crippen LogP contribution < -0.4 is 5.32 Å². The van der Waals surface area contributed by atoms with Crippen molar-refractivity contribution in [1.82, 2.24) is 5.32 Å². The van der Waals surface area contributed by atoms with Gasteiger partial charge in [0.2, 0.25) is 5.91 Å². The Morgan fingerprint density at radius 2 is 2.12 bits per heavy atom. The van der Waals surface area contributed by atoms with E-state index in [1.165, 1.54) is 0 Å². The molecule has 1 atom stereocenters. The third kappa shape index (κ3) is 5.57. The minimum atomic E-state index is -0.104. The zero-order chi connectivity index (χ0) is 12.7. The van der Waals surface area contributed by atoms with E-state index >= 15 is 0 Å². The van der Waals surface area contributed by atoms with Crippen LogP contribution in [0.15, 0.2) is 33.6 Å². The van der Waals surface area contributed by atoms with E-state index < -0.39 is 0 Å². The summed E-state index contributed by atoms with van der Waals surface area (Å²) < 4.78 is 5.92. The van der Waals surface area contributed by atoms with Gasteiger partial charge in [0.05, 0.1) is 11.9 Å². The number of hydrogen-bond donors (Lipinski definition) is 1. The van der Waals surface area contributed by atoms with Gasteiger partial charge in [0.1, 0.15) is 0 Å². The molecule has 17 heavy (non-hydrogen) atoms. The van der Waals surface area contributed by atoms with E-state index in [-0.39, 0.29) is 11.2 Å². The number of thioether (sulfide) groups is 1. The molecule has 5 heteroatoms. The number of ether oxygens (including phenoxy) is 1. The second kappa shape index (κ2) is 7.74. The topological polar surface area (TPSA) is 38.3 Å². The Morgan fingerprint density at radius 1 is 1.47 bits per heavy atom. The van der Waals surface area contributed by atoms with Gasteiger partial charge in [-0.3, -0.25) is 4.79 Å². The zero-order valence-corrected chi connectivity index (χ0v) is 12.3. The number of carbonyl (C=O) groups excluding carboxylic acids is 1. The minimum Gasteiger partial charge on any atom is -0.383 e. The number of rotatable bonds is 6. The lowest BCUT2D eigenvalue weighted by Gasteiger charge is -2.11. The van der Waals surface area contributed by atoms with Crippen LogP contribution in [0.3, 0.4) is 0 Å². The number of carbonyl (C=O) groups is 1. The van der Waals surface area contributed by atoms with Gasteiger partial charge < -0.3 is 10.1 Å². The molecule has 1 unspecified atom stereocenters. The lowest BCUT2D eigenvalue weighted by atomic mass is 10.4. The number of hydrogen-bond acceptors (Lipinski definition) is 3. The molecule has 1 N–H and O–H groups in total.